The number of ether oxygens (including phenoxy) is 1. The summed E-state index contributed by atoms with van der Waals surface area (Å²) in [6.45, 7) is 0. The molecule has 0 bridgehead atoms. The van der Waals surface area contributed by atoms with E-state index in [1.54, 1.807) is 13.2 Å². The Balaban J connectivity index is 2.23. The van der Waals surface area contributed by atoms with Gasteiger partial charge in [-0.15, -0.1) is 0 Å². The first-order valence-corrected chi connectivity index (χ1v) is 8.05. The van der Waals surface area contributed by atoms with E-state index in [4.69, 9.17) is 10.5 Å². The van der Waals surface area contributed by atoms with Crippen molar-refractivity contribution < 1.29 is 4.74 Å². The van der Waals surface area contributed by atoms with E-state index in [0.29, 0.717) is 22.4 Å². The lowest BCUT2D eigenvalue weighted by molar-refractivity contribution is 0.415. The van der Waals surface area contributed by atoms with E-state index in [-0.39, 0.29) is 11.2 Å². The van der Waals surface area contributed by atoms with Crippen LogP contribution in [0.5, 0.6) is 5.75 Å². The van der Waals surface area contributed by atoms with E-state index in [1.165, 1.54) is 0 Å². The lowest BCUT2D eigenvalue weighted by Crippen LogP contribution is -2.13. The number of hydrogen-bond donors (Lipinski definition) is 2. The molecule has 0 unspecified atom stereocenters. The average molecular weight is 341 g/mol. The molecule has 1 heterocycles. The molecule has 3 aromatic carbocycles. The number of nitriles is 1. The third kappa shape index (κ3) is 2.28. The van der Waals surface area contributed by atoms with E-state index in [1.807, 2.05) is 48.5 Å². The molecule has 0 spiro atoms. The van der Waals surface area contributed by atoms with Gasteiger partial charge in [0.15, 0.2) is 0 Å². The van der Waals surface area contributed by atoms with Gasteiger partial charge in [-0.25, -0.2) is 0 Å². The molecule has 0 aliphatic heterocycles. The minimum atomic E-state index is -0.356. The van der Waals surface area contributed by atoms with Gasteiger partial charge in [0.25, 0.3) is 5.56 Å². The van der Waals surface area contributed by atoms with Crippen LogP contribution in [0, 0.1) is 11.3 Å². The van der Waals surface area contributed by atoms with E-state index >= 15 is 0 Å². The van der Waals surface area contributed by atoms with Crippen LogP contribution in [0.15, 0.2) is 59.4 Å². The molecule has 0 atom stereocenters. The number of aromatic amines is 1. The largest absolute Gasteiger partial charge is 0.497 e. The second-order valence-corrected chi connectivity index (χ2v) is 5.98. The van der Waals surface area contributed by atoms with Gasteiger partial charge < -0.3 is 15.5 Å². The van der Waals surface area contributed by atoms with Crippen molar-refractivity contribution in [3.8, 4) is 22.9 Å². The zero-order valence-electron chi connectivity index (χ0n) is 14.0. The van der Waals surface area contributed by atoms with Crippen LogP contribution >= 0.6 is 0 Å². The predicted octanol–water partition coefficient (Wildman–Crippen LogP) is 3.81. The SMILES string of the molecule is COc1cccc(-c2c(N)c(=O)[nH]c3c2cc(C#N)c2ccccc23)c1. The highest BCUT2D eigenvalue weighted by Gasteiger charge is 2.16. The Morgan fingerprint density at radius 2 is 1.81 bits per heavy atom. The molecule has 0 saturated carbocycles. The molecule has 4 aromatic rings. The number of fused-ring (bicyclic) bond motifs is 3. The highest BCUT2D eigenvalue weighted by Crippen LogP contribution is 2.36. The van der Waals surface area contributed by atoms with Gasteiger partial charge in [-0.2, -0.15) is 5.26 Å². The number of hydrogen-bond acceptors (Lipinski definition) is 4. The zero-order chi connectivity index (χ0) is 18.3. The van der Waals surface area contributed by atoms with E-state index in [0.717, 1.165) is 21.7 Å². The molecular weight excluding hydrogens is 326 g/mol. The lowest BCUT2D eigenvalue weighted by atomic mass is 9.94. The molecule has 0 aliphatic rings. The summed E-state index contributed by atoms with van der Waals surface area (Å²) in [4.78, 5) is 15.4. The van der Waals surface area contributed by atoms with Crippen LogP contribution in [0.2, 0.25) is 0 Å². The summed E-state index contributed by atoms with van der Waals surface area (Å²) < 4.78 is 5.29. The van der Waals surface area contributed by atoms with Crippen molar-refractivity contribution in [2.75, 3.05) is 12.8 Å². The van der Waals surface area contributed by atoms with Crippen molar-refractivity contribution in [1.29, 1.82) is 5.26 Å². The minimum Gasteiger partial charge on any atom is -0.497 e. The number of pyridine rings is 1. The van der Waals surface area contributed by atoms with Crippen molar-refractivity contribution in [3.63, 3.8) is 0 Å². The van der Waals surface area contributed by atoms with Crippen LogP contribution < -0.4 is 16.0 Å². The molecule has 0 aliphatic carbocycles. The molecule has 5 nitrogen and oxygen atoms in total. The second kappa shape index (κ2) is 5.94. The Labute approximate surface area is 149 Å². The Bertz CT molecular complexity index is 1270. The molecule has 0 amide bonds. The van der Waals surface area contributed by atoms with Crippen LogP contribution in [0.4, 0.5) is 5.69 Å². The monoisotopic (exact) mass is 341 g/mol. The smallest absolute Gasteiger partial charge is 0.272 e. The third-order valence-corrected chi connectivity index (χ3v) is 4.55. The molecule has 4 rings (SSSR count). The van der Waals surface area contributed by atoms with E-state index < -0.39 is 0 Å². The molecular formula is C21H15N3O2. The molecule has 0 radical (unpaired) electrons. The topological polar surface area (TPSA) is 91.9 Å². The Morgan fingerprint density at radius 1 is 1.04 bits per heavy atom. The third-order valence-electron chi connectivity index (χ3n) is 4.55. The van der Waals surface area contributed by atoms with Crippen LogP contribution in [0.3, 0.4) is 0 Å². The molecule has 126 valence electrons. The number of anilines is 1. The standard InChI is InChI=1S/C21H15N3O2/c1-26-14-6-4-5-12(9-14)18-17-10-13(11-22)15-7-2-3-8-16(15)20(17)24-21(25)19(18)23/h2-10H,23H2,1H3,(H,24,25). The molecule has 5 heteroatoms. The first-order valence-electron chi connectivity index (χ1n) is 8.05. The van der Waals surface area contributed by atoms with Crippen LogP contribution in [0.1, 0.15) is 5.56 Å². The Morgan fingerprint density at radius 3 is 2.54 bits per heavy atom. The number of aromatic nitrogens is 1. The van der Waals surface area contributed by atoms with E-state index in [2.05, 4.69) is 11.1 Å². The molecule has 0 saturated heterocycles. The van der Waals surface area contributed by atoms with Gasteiger partial charge >= 0.3 is 0 Å². The van der Waals surface area contributed by atoms with Gasteiger partial charge in [-0.1, -0.05) is 36.4 Å². The molecule has 0 fully saturated rings. The fourth-order valence-corrected chi connectivity index (χ4v) is 3.33. The van der Waals surface area contributed by atoms with Crippen molar-refractivity contribution in [2.24, 2.45) is 0 Å². The van der Waals surface area contributed by atoms with Gasteiger partial charge in [-0.3, -0.25) is 4.79 Å². The second-order valence-electron chi connectivity index (χ2n) is 5.98. The van der Waals surface area contributed by atoms with Gasteiger partial charge in [0, 0.05) is 21.7 Å². The summed E-state index contributed by atoms with van der Waals surface area (Å²) in [5.41, 5.74) is 8.46. The van der Waals surface area contributed by atoms with Crippen LogP contribution in [-0.2, 0) is 0 Å². The number of H-pyrrole nitrogens is 1. The van der Waals surface area contributed by atoms with Gasteiger partial charge in [0.05, 0.1) is 24.3 Å². The van der Waals surface area contributed by atoms with E-state index in [9.17, 15) is 10.1 Å². The van der Waals surface area contributed by atoms with Gasteiger partial charge in [0.2, 0.25) is 0 Å². The number of nitrogens with two attached hydrogens (primary N) is 1. The lowest BCUT2D eigenvalue weighted by Gasteiger charge is -2.13. The summed E-state index contributed by atoms with van der Waals surface area (Å²) in [7, 11) is 1.58. The predicted molar refractivity (Wildman–Crippen MR) is 103 cm³/mol. The Hall–Kier alpha value is -3.78. The van der Waals surface area contributed by atoms with Crippen molar-refractivity contribution in [2.45, 2.75) is 0 Å². The summed E-state index contributed by atoms with van der Waals surface area (Å²) in [6, 6.07) is 18.9. The molecule has 1 aromatic heterocycles. The normalized spacial score (nSPS) is 10.8. The first kappa shape index (κ1) is 15.7. The minimum absolute atomic E-state index is 0.116. The fourth-order valence-electron chi connectivity index (χ4n) is 3.33. The van der Waals surface area contributed by atoms with Crippen LogP contribution in [0.25, 0.3) is 32.8 Å². The number of nitrogen functional groups attached to an aromatic ring is 1. The van der Waals surface area contributed by atoms with Crippen molar-refractivity contribution >= 4 is 27.4 Å². The molecule has 3 N–H and O–H groups in total. The van der Waals surface area contributed by atoms with Crippen LogP contribution in [-0.4, -0.2) is 12.1 Å². The summed E-state index contributed by atoms with van der Waals surface area (Å²) >= 11 is 0. The van der Waals surface area contributed by atoms with Gasteiger partial charge in [0.1, 0.15) is 11.4 Å². The number of nitrogens with zero attached hydrogens (tertiary/aromatic N) is 1. The quantitative estimate of drug-likeness (QED) is 0.542. The first-order chi connectivity index (χ1) is 12.6. The fraction of sp³-hybridized carbons (Fsp3) is 0.0476. The maximum Gasteiger partial charge on any atom is 0.272 e. The molecule has 26 heavy (non-hydrogen) atoms. The van der Waals surface area contributed by atoms with Crippen molar-refractivity contribution in [3.05, 3.63) is 70.5 Å². The number of rotatable bonds is 2. The zero-order valence-corrected chi connectivity index (χ0v) is 14.0. The summed E-state index contributed by atoms with van der Waals surface area (Å²) in [6.07, 6.45) is 0. The highest BCUT2D eigenvalue weighted by molar-refractivity contribution is 6.13. The number of methoxy groups -OCH3 is 1. The number of benzene rings is 3. The summed E-state index contributed by atoms with van der Waals surface area (Å²) in [5, 5.41) is 11.9. The summed E-state index contributed by atoms with van der Waals surface area (Å²) in [5.74, 6) is 0.664. The maximum atomic E-state index is 12.5. The van der Waals surface area contributed by atoms with Crippen molar-refractivity contribution in [1.82, 2.24) is 4.98 Å². The number of nitrogens with one attached hydrogen (secondary N) is 1. The maximum absolute atomic E-state index is 12.5. The Kier molecular flexibility index (Phi) is 3.59. The average Bonchev–Trinajstić information content (AvgIpc) is 2.68. The highest BCUT2D eigenvalue weighted by atomic mass is 16.5. The van der Waals surface area contributed by atoms with Gasteiger partial charge in [-0.05, 0) is 23.8 Å².